The van der Waals surface area contributed by atoms with Crippen molar-refractivity contribution in [2.24, 2.45) is 0 Å². The van der Waals surface area contributed by atoms with Crippen LogP contribution in [0.25, 0.3) is 23.8 Å². The predicted octanol–water partition coefficient (Wildman–Crippen LogP) is -0.143. The van der Waals surface area contributed by atoms with E-state index in [2.05, 4.69) is 10.3 Å². The summed E-state index contributed by atoms with van der Waals surface area (Å²) >= 11 is 0. The highest BCUT2D eigenvalue weighted by molar-refractivity contribution is 6.01. The minimum Gasteiger partial charge on any atom is -0.315 e. The molecule has 0 bridgehead atoms. The zero-order valence-corrected chi connectivity index (χ0v) is 12.6. The first-order chi connectivity index (χ1) is 11.6. The molecule has 7 heteroatoms. The summed E-state index contributed by atoms with van der Waals surface area (Å²) in [6.07, 6.45) is 8.97. The lowest BCUT2D eigenvalue weighted by atomic mass is 10.2. The van der Waals surface area contributed by atoms with Crippen LogP contribution in [0, 0.1) is 0 Å². The van der Waals surface area contributed by atoms with E-state index in [1.165, 1.54) is 0 Å². The van der Waals surface area contributed by atoms with E-state index in [0.717, 1.165) is 27.4 Å². The molecule has 120 valence electrons. The Kier molecular flexibility index (Phi) is 3.26. The largest absolute Gasteiger partial charge is 0.432 e. The monoisotopic (exact) mass is 323 g/mol. The molecule has 4 rings (SSSR count). The third-order valence-electron chi connectivity index (χ3n) is 4.01. The fraction of sp³-hybridized carbons (Fsp3) is 0.176. The Morgan fingerprint density at radius 2 is 2.00 bits per heavy atom. The molecule has 3 aliphatic rings. The van der Waals surface area contributed by atoms with Crippen LogP contribution in [-0.4, -0.2) is 34.5 Å². The lowest BCUT2D eigenvalue weighted by molar-refractivity contribution is -0.171. The molecular formula is C17H13N3O4. The van der Waals surface area contributed by atoms with Crippen molar-refractivity contribution in [1.82, 2.24) is 15.4 Å². The van der Waals surface area contributed by atoms with Crippen molar-refractivity contribution in [2.75, 3.05) is 6.54 Å². The second-order valence-electron chi connectivity index (χ2n) is 5.60. The first-order valence-electron chi connectivity index (χ1n) is 7.54. The highest BCUT2D eigenvalue weighted by Gasteiger charge is 2.32. The molecule has 2 heterocycles. The van der Waals surface area contributed by atoms with Crippen molar-refractivity contribution >= 4 is 41.7 Å². The van der Waals surface area contributed by atoms with Crippen LogP contribution >= 0.6 is 0 Å². The van der Waals surface area contributed by atoms with Crippen LogP contribution in [0.1, 0.15) is 24.1 Å². The Bertz CT molecular complexity index is 943. The molecule has 0 aromatic carbocycles. The van der Waals surface area contributed by atoms with E-state index in [-0.39, 0.29) is 19.4 Å². The summed E-state index contributed by atoms with van der Waals surface area (Å²) in [6, 6.07) is 2.04. The van der Waals surface area contributed by atoms with Gasteiger partial charge in [-0.1, -0.05) is 24.3 Å². The third kappa shape index (κ3) is 2.40. The Labute approximate surface area is 136 Å². The molecule has 1 aromatic heterocycles. The van der Waals surface area contributed by atoms with Gasteiger partial charge in [0.2, 0.25) is 0 Å². The van der Waals surface area contributed by atoms with Crippen LogP contribution in [0.2, 0.25) is 0 Å². The summed E-state index contributed by atoms with van der Waals surface area (Å²) in [6.45, 7) is 0.192. The van der Waals surface area contributed by atoms with Gasteiger partial charge in [0.1, 0.15) is 0 Å². The average Bonchev–Trinajstić information content (AvgIpc) is 3.26. The third-order valence-corrected chi connectivity index (χ3v) is 4.01. The molecule has 0 radical (unpaired) electrons. The van der Waals surface area contributed by atoms with E-state index in [0.29, 0.717) is 5.06 Å². The van der Waals surface area contributed by atoms with Gasteiger partial charge < -0.3 is 10.2 Å². The maximum atomic E-state index is 11.8. The van der Waals surface area contributed by atoms with Gasteiger partial charge in [0.15, 0.2) is 0 Å². The summed E-state index contributed by atoms with van der Waals surface area (Å²) in [4.78, 5) is 44.0. The average molecular weight is 323 g/mol. The van der Waals surface area contributed by atoms with E-state index in [9.17, 15) is 14.4 Å². The molecule has 1 N–H and O–H groups in total. The number of amides is 3. The van der Waals surface area contributed by atoms with Gasteiger partial charge in [-0.05, 0) is 17.7 Å². The van der Waals surface area contributed by atoms with Gasteiger partial charge in [-0.15, -0.1) is 5.06 Å². The van der Waals surface area contributed by atoms with Crippen LogP contribution in [0.5, 0.6) is 0 Å². The number of nitrogens with zero attached hydrogens (tertiary/aromatic N) is 2. The normalized spacial score (nSPS) is 17.2. The second-order valence-corrected chi connectivity index (χ2v) is 5.60. The number of hydrogen-bond acceptors (Lipinski definition) is 5. The Morgan fingerprint density at radius 1 is 1.21 bits per heavy atom. The predicted molar refractivity (Wildman–Crippen MR) is 85.0 cm³/mol. The van der Waals surface area contributed by atoms with E-state index < -0.39 is 17.9 Å². The second kappa shape index (κ2) is 5.45. The van der Waals surface area contributed by atoms with E-state index in [1.54, 1.807) is 0 Å². The smallest absolute Gasteiger partial charge is 0.315 e. The summed E-state index contributed by atoms with van der Waals surface area (Å²) in [7, 11) is 0. The number of allylic oxidation sites excluding steroid dienone is 1. The summed E-state index contributed by atoms with van der Waals surface area (Å²) in [5, 5.41) is 4.93. The molecule has 0 atom stereocenters. The van der Waals surface area contributed by atoms with Crippen LogP contribution in [0.4, 0.5) is 4.79 Å². The maximum Gasteiger partial charge on any atom is 0.432 e. The molecule has 0 unspecified atom stereocenters. The zero-order chi connectivity index (χ0) is 16.7. The number of rotatable bonds is 3. The van der Waals surface area contributed by atoms with Crippen molar-refractivity contribution in [3.05, 3.63) is 40.0 Å². The van der Waals surface area contributed by atoms with Crippen molar-refractivity contribution in [1.29, 1.82) is 0 Å². The molecule has 1 aromatic rings. The number of hydroxylamine groups is 2. The quantitative estimate of drug-likeness (QED) is 0.782. The van der Waals surface area contributed by atoms with Crippen molar-refractivity contribution < 1.29 is 19.2 Å². The molecule has 0 saturated carbocycles. The van der Waals surface area contributed by atoms with E-state index in [4.69, 9.17) is 4.84 Å². The van der Waals surface area contributed by atoms with Gasteiger partial charge in [-0.25, -0.2) is 9.78 Å². The van der Waals surface area contributed by atoms with Gasteiger partial charge in [-0.3, -0.25) is 9.59 Å². The molecule has 1 fully saturated rings. The molecule has 1 saturated heterocycles. The number of imide groups is 1. The number of hydrogen-bond donors (Lipinski definition) is 1. The number of nitrogens with one attached hydrogen (secondary N) is 1. The van der Waals surface area contributed by atoms with Crippen LogP contribution in [0.15, 0.2) is 18.2 Å². The Balaban J connectivity index is 1.47. The maximum absolute atomic E-state index is 11.8. The Hall–Kier alpha value is -3.22. The molecule has 0 spiro atoms. The van der Waals surface area contributed by atoms with Crippen molar-refractivity contribution in [3.8, 4) is 0 Å². The van der Waals surface area contributed by atoms with E-state index >= 15 is 0 Å². The molecular weight excluding hydrogens is 310 g/mol. The minimum atomic E-state index is -0.845. The molecule has 2 aliphatic carbocycles. The Morgan fingerprint density at radius 3 is 2.79 bits per heavy atom. The lowest BCUT2D eigenvalue weighted by Gasteiger charge is -2.13. The summed E-state index contributed by atoms with van der Waals surface area (Å²) in [5.74, 6) is -1.01. The summed E-state index contributed by atoms with van der Waals surface area (Å²) in [5.41, 5.74) is 2.72. The van der Waals surface area contributed by atoms with Gasteiger partial charge in [0.25, 0.3) is 11.8 Å². The highest BCUT2D eigenvalue weighted by atomic mass is 16.7. The van der Waals surface area contributed by atoms with E-state index in [1.807, 2.05) is 36.4 Å². The molecule has 1 aliphatic heterocycles. The number of aromatic nitrogens is 1. The van der Waals surface area contributed by atoms with Crippen molar-refractivity contribution in [3.63, 3.8) is 0 Å². The zero-order valence-electron chi connectivity index (χ0n) is 12.6. The van der Waals surface area contributed by atoms with Crippen LogP contribution < -0.4 is 15.9 Å². The highest BCUT2D eigenvalue weighted by Crippen LogP contribution is 2.12. The standard InChI is InChI=1S/C17H13N3O4/c21-14-6-7-15(22)20(14)24-17(23)18-9-12-5-4-11-8-10-2-1-3-13(10)19-16(11)12/h1-5,8H,6-7,9H2,(H,18,23). The fourth-order valence-corrected chi connectivity index (χ4v) is 2.81. The van der Waals surface area contributed by atoms with Crippen LogP contribution in [-0.2, 0) is 14.4 Å². The number of fused-ring (bicyclic) bond motifs is 2. The lowest BCUT2D eigenvalue weighted by Crippen LogP contribution is -2.38. The fourth-order valence-electron chi connectivity index (χ4n) is 2.81. The topological polar surface area (TPSA) is 88.6 Å². The van der Waals surface area contributed by atoms with Gasteiger partial charge in [-0.2, -0.15) is 0 Å². The van der Waals surface area contributed by atoms with Gasteiger partial charge in [0, 0.05) is 30.2 Å². The SMILES string of the molecule is O=C(NCC1=c2nc3c(cc2C=C1)=CC=C3)ON1C(=O)CCC1=O. The molecule has 7 nitrogen and oxygen atoms in total. The number of pyridine rings is 1. The first-order valence-corrected chi connectivity index (χ1v) is 7.54. The first kappa shape index (κ1) is 14.4. The molecule has 24 heavy (non-hydrogen) atoms. The molecule has 3 amide bonds. The van der Waals surface area contributed by atoms with Crippen LogP contribution in [0.3, 0.4) is 0 Å². The number of carbonyl (C=O) groups excluding carboxylic acids is 3. The van der Waals surface area contributed by atoms with Crippen molar-refractivity contribution in [2.45, 2.75) is 12.8 Å². The van der Waals surface area contributed by atoms with Gasteiger partial charge >= 0.3 is 6.09 Å². The minimum absolute atomic E-state index is 0.0686. The summed E-state index contributed by atoms with van der Waals surface area (Å²) < 4.78 is 0. The van der Waals surface area contributed by atoms with Gasteiger partial charge in [0.05, 0.1) is 11.0 Å². The number of carbonyl (C=O) groups is 3.